The average Bonchev–Trinajstić information content (AvgIpc) is 2.82. The normalized spacial score (nSPS) is 12.7. The van der Waals surface area contributed by atoms with Gasteiger partial charge in [0.25, 0.3) is 0 Å². The lowest BCUT2D eigenvalue weighted by Crippen LogP contribution is -2.13. The van der Waals surface area contributed by atoms with Gasteiger partial charge in [0.15, 0.2) is 0 Å². The highest BCUT2D eigenvalue weighted by Crippen LogP contribution is 2.21. The van der Waals surface area contributed by atoms with Crippen molar-refractivity contribution in [3.05, 3.63) is 58.8 Å². The second kappa shape index (κ2) is 5.07. The van der Waals surface area contributed by atoms with Gasteiger partial charge in [0.2, 0.25) is 0 Å². The molecule has 0 amide bonds. The molecule has 3 heterocycles. The maximum absolute atomic E-state index is 6.26. The molecule has 3 aromatic heterocycles. The summed E-state index contributed by atoms with van der Waals surface area (Å²) in [5, 5.41) is 4.27. The van der Waals surface area contributed by atoms with Crippen LogP contribution in [0.15, 0.2) is 47.7 Å². The zero-order valence-electron chi connectivity index (χ0n) is 10.1. The van der Waals surface area contributed by atoms with E-state index in [0.29, 0.717) is 6.42 Å². The second-order valence-corrected chi connectivity index (χ2v) is 5.24. The van der Waals surface area contributed by atoms with Crippen LogP contribution >= 0.6 is 15.9 Å². The van der Waals surface area contributed by atoms with Crippen LogP contribution in [-0.4, -0.2) is 19.6 Å². The number of fused-ring (bicyclic) bond motifs is 1. The molecule has 3 rings (SSSR count). The fourth-order valence-corrected chi connectivity index (χ4v) is 2.48. The van der Waals surface area contributed by atoms with Crippen LogP contribution in [0.2, 0.25) is 0 Å². The molecule has 96 valence electrons. The Morgan fingerprint density at radius 3 is 2.95 bits per heavy atom. The lowest BCUT2D eigenvalue weighted by atomic mass is 10.0. The Balaban J connectivity index is 1.90. The smallest absolute Gasteiger partial charge is 0.0892 e. The minimum absolute atomic E-state index is 0.127. The Morgan fingerprint density at radius 1 is 1.21 bits per heavy atom. The van der Waals surface area contributed by atoms with Crippen LogP contribution in [0.5, 0.6) is 0 Å². The van der Waals surface area contributed by atoms with Crippen molar-refractivity contribution in [2.45, 2.75) is 12.5 Å². The van der Waals surface area contributed by atoms with Crippen LogP contribution in [0.1, 0.15) is 17.2 Å². The van der Waals surface area contributed by atoms with Crippen LogP contribution in [0.4, 0.5) is 0 Å². The van der Waals surface area contributed by atoms with Gasteiger partial charge in [-0.15, -0.1) is 0 Å². The SMILES string of the molecule is NC(Cc1cncc(Br)c1)c1cnn2ccncc12. The van der Waals surface area contributed by atoms with Crippen molar-refractivity contribution >= 4 is 21.4 Å². The molecule has 1 atom stereocenters. The van der Waals surface area contributed by atoms with Gasteiger partial charge in [0.1, 0.15) is 0 Å². The summed E-state index contributed by atoms with van der Waals surface area (Å²) in [4.78, 5) is 8.26. The summed E-state index contributed by atoms with van der Waals surface area (Å²) < 4.78 is 2.74. The number of halogens is 1. The highest BCUT2D eigenvalue weighted by Gasteiger charge is 2.13. The van der Waals surface area contributed by atoms with Crippen LogP contribution in [0.25, 0.3) is 5.52 Å². The van der Waals surface area contributed by atoms with Crippen LogP contribution < -0.4 is 5.73 Å². The topological polar surface area (TPSA) is 69.1 Å². The van der Waals surface area contributed by atoms with E-state index < -0.39 is 0 Å². The summed E-state index contributed by atoms with van der Waals surface area (Å²) in [5.74, 6) is 0. The van der Waals surface area contributed by atoms with E-state index in [0.717, 1.165) is 21.1 Å². The Bertz CT molecular complexity index is 709. The van der Waals surface area contributed by atoms with Crippen LogP contribution in [-0.2, 0) is 6.42 Å². The fourth-order valence-electron chi connectivity index (χ4n) is 2.07. The largest absolute Gasteiger partial charge is 0.324 e. The molecular weight excluding hydrogens is 306 g/mol. The molecule has 1 unspecified atom stereocenters. The van der Waals surface area contributed by atoms with Gasteiger partial charge < -0.3 is 5.73 Å². The molecule has 0 aliphatic rings. The van der Waals surface area contributed by atoms with Crippen molar-refractivity contribution in [2.24, 2.45) is 5.73 Å². The summed E-state index contributed by atoms with van der Waals surface area (Å²) in [6.45, 7) is 0. The van der Waals surface area contributed by atoms with Crippen molar-refractivity contribution in [3.63, 3.8) is 0 Å². The van der Waals surface area contributed by atoms with Crippen molar-refractivity contribution in [2.75, 3.05) is 0 Å². The zero-order valence-corrected chi connectivity index (χ0v) is 11.7. The Morgan fingerprint density at radius 2 is 2.11 bits per heavy atom. The van der Waals surface area contributed by atoms with E-state index >= 15 is 0 Å². The molecule has 0 saturated heterocycles. The number of hydrogen-bond donors (Lipinski definition) is 1. The van der Waals surface area contributed by atoms with Crippen LogP contribution in [0.3, 0.4) is 0 Å². The summed E-state index contributed by atoms with van der Waals surface area (Å²) in [7, 11) is 0. The molecule has 5 nitrogen and oxygen atoms in total. The van der Waals surface area contributed by atoms with E-state index in [1.807, 2.05) is 18.5 Å². The van der Waals surface area contributed by atoms with Gasteiger partial charge in [0, 0.05) is 40.9 Å². The molecular formula is C13H12BrN5. The quantitative estimate of drug-likeness (QED) is 0.803. The molecule has 3 aromatic rings. The minimum atomic E-state index is -0.127. The highest BCUT2D eigenvalue weighted by molar-refractivity contribution is 9.10. The molecule has 0 aliphatic carbocycles. The molecule has 0 spiro atoms. The molecule has 6 heteroatoms. The summed E-state index contributed by atoms with van der Waals surface area (Å²) in [6, 6.07) is 1.90. The van der Waals surface area contributed by atoms with Gasteiger partial charge in [-0.25, -0.2) is 4.52 Å². The van der Waals surface area contributed by atoms with E-state index in [4.69, 9.17) is 5.73 Å². The third kappa shape index (κ3) is 2.50. The average molecular weight is 318 g/mol. The van der Waals surface area contributed by atoms with E-state index in [-0.39, 0.29) is 6.04 Å². The maximum atomic E-state index is 6.26. The molecule has 0 aliphatic heterocycles. The first-order valence-corrected chi connectivity index (χ1v) is 6.65. The third-order valence-corrected chi connectivity index (χ3v) is 3.40. The van der Waals surface area contributed by atoms with Crippen molar-refractivity contribution in [1.82, 2.24) is 19.6 Å². The molecule has 0 bridgehead atoms. The molecule has 19 heavy (non-hydrogen) atoms. The lowest BCUT2D eigenvalue weighted by molar-refractivity contribution is 0.724. The van der Waals surface area contributed by atoms with Crippen molar-refractivity contribution in [1.29, 1.82) is 0 Å². The van der Waals surface area contributed by atoms with Crippen LogP contribution in [0, 0.1) is 0 Å². The minimum Gasteiger partial charge on any atom is -0.324 e. The van der Waals surface area contributed by atoms with Crippen molar-refractivity contribution < 1.29 is 0 Å². The van der Waals surface area contributed by atoms with E-state index in [1.165, 1.54) is 0 Å². The first-order chi connectivity index (χ1) is 9.24. The second-order valence-electron chi connectivity index (χ2n) is 4.33. The first kappa shape index (κ1) is 12.3. The molecule has 0 aromatic carbocycles. The van der Waals surface area contributed by atoms with Gasteiger partial charge in [-0.1, -0.05) is 0 Å². The van der Waals surface area contributed by atoms with E-state index in [9.17, 15) is 0 Å². The number of hydrogen-bond acceptors (Lipinski definition) is 4. The monoisotopic (exact) mass is 317 g/mol. The first-order valence-electron chi connectivity index (χ1n) is 5.86. The predicted molar refractivity (Wildman–Crippen MR) is 75.6 cm³/mol. The summed E-state index contributed by atoms with van der Waals surface area (Å²) >= 11 is 3.41. The van der Waals surface area contributed by atoms with Gasteiger partial charge in [-0.3, -0.25) is 9.97 Å². The number of aromatic nitrogens is 4. The van der Waals surface area contributed by atoms with Gasteiger partial charge >= 0.3 is 0 Å². The Labute approximate surface area is 118 Å². The number of nitrogens with zero attached hydrogens (tertiary/aromatic N) is 4. The third-order valence-electron chi connectivity index (χ3n) is 2.97. The molecule has 0 fully saturated rings. The van der Waals surface area contributed by atoms with Gasteiger partial charge in [-0.2, -0.15) is 5.10 Å². The van der Waals surface area contributed by atoms with Gasteiger partial charge in [0.05, 0.1) is 17.9 Å². The fraction of sp³-hybridized carbons (Fsp3) is 0.154. The molecule has 0 saturated carbocycles. The maximum Gasteiger partial charge on any atom is 0.0892 e. The van der Waals surface area contributed by atoms with Crippen molar-refractivity contribution in [3.8, 4) is 0 Å². The number of pyridine rings is 1. The highest BCUT2D eigenvalue weighted by atomic mass is 79.9. The number of nitrogens with two attached hydrogens (primary N) is 1. The zero-order chi connectivity index (χ0) is 13.2. The summed E-state index contributed by atoms with van der Waals surface area (Å²) in [6.07, 6.45) is 11.4. The van der Waals surface area contributed by atoms with E-state index in [1.54, 1.807) is 29.3 Å². The van der Waals surface area contributed by atoms with Gasteiger partial charge in [-0.05, 0) is 34.0 Å². The molecule has 2 N–H and O–H groups in total. The predicted octanol–water partition coefficient (Wildman–Crippen LogP) is 2.13. The summed E-state index contributed by atoms with van der Waals surface area (Å²) in [5.41, 5.74) is 9.29. The molecule has 0 radical (unpaired) electrons. The number of rotatable bonds is 3. The Hall–Kier alpha value is -1.79. The lowest BCUT2D eigenvalue weighted by Gasteiger charge is -2.10. The van der Waals surface area contributed by atoms with E-state index in [2.05, 4.69) is 31.0 Å². The standard InChI is InChI=1S/C13H12BrN5/c14-10-3-9(5-17-6-10)4-12(15)11-7-18-19-2-1-16-8-13(11)19/h1-3,5-8,12H,4,15H2. The Kier molecular flexibility index (Phi) is 3.27.